The first kappa shape index (κ1) is 24.1. The van der Waals surface area contributed by atoms with Crippen molar-refractivity contribution in [2.45, 2.75) is 33.4 Å². The highest BCUT2D eigenvalue weighted by Crippen LogP contribution is 2.43. The number of nitrogens with zero attached hydrogens (tertiary/aromatic N) is 1. The standard InChI is InChI=1S/C29H29NO5/c1-5-35-23-14-13-21(16-24(23)34-4)26-25(27(31)22-15-18(2)11-12-19(22)3)28(32)29(33)30(26)17-20-9-7-6-8-10-20/h6-16,26,31H,5,17H2,1-4H3. The summed E-state index contributed by atoms with van der Waals surface area (Å²) < 4.78 is 11.2. The molecule has 0 radical (unpaired) electrons. The number of Topliss-reactive ketones (excluding diaryl/α,β-unsaturated/α-hetero) is 1. The fourth-order valence-electron chi connectivity index (χ4n) is 4.43. The molecule has 0 saturated carbocycles. The van der Waals surface area contributed by atoms with Crippen LogP contribution in [-0.4, -0.2) is 35.4 Å². The van der Waals surface area contributed by atoms with E-state index < -0.39 is 17.7 Å². The van der Waals surface area contributed by atoms with Gasteiger partial charge in [-0.1, -0.05) is 54.1 Å². The Morgan fingerprint density at radius 2 is 1.71 bits per heavy atom. The molecule has 1 fully saturated rings. The van der Waals surface area contributed by atoms with Gasteiger partial charge in [0.15, 0.2) is 11.5 Å². The number of carbonyl (C=O) groups excluding carboxylic acids is 2. The quantitative estimate of drug-likeness (QED) is 0.286. The number of aliphatic hydroxyl groups excluding tert-OH is 1. The van der Waals surface area contributed by atoms with Gasteiger partial charge in [-0.2, -0.15) is 0 Å². The molecular weight excluding hydrogens is 442 g/mol. The maximum atomic E-state index is 13.4. The number of amides is 1. The second kappa shape index (κ2) is 10.1. The smallest absolute Gasteiger partial charge is 0.295 e. The van der Waals surface area contributed by atoms with Gasteiger partial charge in [0, 0.05) is 12.1 Å². The Morgan fingerprint density at radius 3 is 2.40 bits per heavy atom. The van der Waals surface area contributed by atoms with E-state index in [2.05, 4.69) is 0 Å². The number of aryl methyl sites for hydroxylation is 2. The zero-order valence-electron chi connectivity index (χ0n) is 20.4. The normalized spacial score (nSPS) is 17.0. The third kappa shape index (κ3) is 4.64. The number of hydrogen-bond donors (Lipinski definition) is 1. The maximum Gasteiger partial charge on any atom is 0.295 e. The number of ether oxygens (including phenoxy) is 2. The maximum absolute atomic E-state index is 13.4. The van der Waals surface area contributed by atoms with Gasteiger partial charge in [0.1, 0.15) is 5.76 Å². The number of ketones is 1. The molecule has 1 aliphatic rings. The van der Waals surface area contributed by atoms with Crippen molar-refractivity contribution >= 4 is 17.4 Å². The molecule has 1 saturated heterocycles. The number of rotatable bonds is 7. The van der Waals surface area contributed by atoms with E-state index in [1.165, 1.54) is 4.90 Å². The lowest BCUT2D eigenvalue weighted by molar-refractivity contribution is -0.140. The monoisotopic (exact) mass is 471 g/mol. The van der Waals surface area contributed by atoms with Crippen LogP contribution in [0.4, 0.5) is 0 Å². The molecule has 1 N–H and O–H groups in total. The zero-order chi connectivity index (χ0) is 25.1. The lowest BCUT2D eigenvalue weighted by atomic mass is 9.93. The molecule has 0 aromatic heterocycles. The van der Waals surface area contributed by atoms with Crippen LogP contribution in [0.3, 0.4) is 0 Å². The summed E-state index contributed by atoms with van der Waals surface area (Å²) in [5.41, 5.74) is 3.87. The number of hydrogen-bond acceptors (Lipinski definition) is 5. The van der Waals surface area contributed by atoms with Gasteiger partial charge in [-0.15, -0.1) is 0 Å². The summed E-state index contributed by atoms with van der Waals surface area (Å²) in [6.07, 6.45) is 0. The van der Waals surface area contributed by atoms with Crippen molar-refractivity contribution in [1.29, 1.82) is 0 Å². The summed E-state index contributed by atoms with van der Waals surface area (Å²) in [6, 6.07) is 19.7. The van der Waals surface area contributed by atoms with Crippen LogP contribution < -0.4 is 9.47 Å². The molecular formula is C29H29NO5. The van der Waals surface area contributed by atoms with Crippen LogP contribution in [0, 0.1) is 13.8 Å². The SMILES string of the molecule is CCOc1ccc(C2C(=C(O)c3cc(C)ccc3C)C(=O)C(=O)N2Cc2ccccc2)cc1OC. The van der Waals surface area contributed by atoms with E-state index in [4.69, 9.17) is 9.47 Å². The minimum atomic E-state index is -0.792. The van der Waals surface area contributed by atoms with E-state index >= 15 is 0 Å². The molecule has 6 nitrogen and oxygen atoms in total. The molecule has 0 spiro atoms. The summed E-state index contributed by atoms with van der Waals surface area (Å²) in [6.45, 7) is 6.35. The Bertz CT molecular complexity index is 1300. The molecule has 3 aromatic carbocycles. The summed E-state index contributed by atoms with van der Waals surface area (Å²) in [5.74, 6) is -0.497. The van der Waals surface area contributed by atoms with Crippen molar-refractivity contribution in [3.8, 4) is 11.5 Å². The largest absolute Gasteiger partial charge is 0.507 e. The van der Waals surface area contributed by atoms with E-state index in [-0.39, 0.29) is 17.9 Å². The first-order chi connectivity index (χ1) is 16.8. The molecule has 0 bridgehead atoms. The molecule has 35 heavy (non-hydrogen) atoms. The number of methoxy groups -OCH3 is 1. The summed E-state index contributed by atoms with van der Waals surface area (Å²) in [7, 11) is 1.54. The Hall–Kier alpha value is -4.06. The highest BCUT2D eigenvalue weighted by Gasteiger charge is 2.46. The van der Waals surface area contributed by atoms with Crippen molar-refractivity contribution in [3.05, 3.63) is 100 Å². The van der Waals surface area contributed by atoms with Gasteiger partial charge in [-0.3, -0.25) is 9.59 Å². The van der Waals surface area contributed by atoms with Gasteiger partial charge in [0.25, 0.3) is 11.7 Å². The van der Waals surface area contributed by atoms with Crippen LogP contribution >= 0.6 is 0 Å². The van der Waals surface area contributed by atoms with Crippen molar-refractivity contribution in [3.63, 3.8) is 0 Å². The zero-order valence-corrected chi connectivity index (χ0v) is 20.4. The van der Waals surface area contributed by atoms with Gasteiger partial charge in [0.05, 0.1) is 25.3 Å². The van der Waals surface area contributed by atoms with Crippen LogP contribution in [0.1, 0.15) is 40.8 Å². The Morgan fingerprint density at radius 1 is 0.971 bits per heavy atom. The van der Waals surface area contributed by atoms with Gasteiger partial charge in [-0.05, 0) is 55.7 Å². The lowest BCUT2D eigenvalue weighted by Gasteiger charge is -2.26. The van der Waals surface area contributed by atoms with E-state index in [1.54, 1.807) is 25.3 Å². The number of aliphatic hydroxyl groups is 1. The van der Waals surface area contributed by atoms with E-state index in [1.807, 2.05) is 69.3 Å². The molecule has 1 unspecified atom stereocenters. The lowest BCUT2D eigenvalue weighted by Crippen LogP contribution is -2.29. The fourth-order valence-corrected chi connectivity index (χ4v) is 4.43. The third-order valence-corrected chi connectivity index (χ3v) is 6.19. The number of carbonyl (C=O) groups is 2. The van der Waals surface area contributed by atoms with E-state index in [9.17, 15) is 14.7 Å². The molecule has 0 aliphatic carbocycles. The Labute approximate surface area is 205 Å². The van der Waals surface area contributed by atoms with Crippen molar-refractivity contribution < 1.29 is 24.2 Å². The number of likely N-dealkylation sites (tertiary alicyclic amines) is 1. The second-order valence-corrected chi connectivity index (χ2v) is 8.57. The third-order valence-electron chi connectivity index (χ3n) is 6.19. The minimum Gasteiger partial charge on any atom is -0.507 e. The second-order valence-electron chi connectivity index (χ2n) is 8.57. The minimum absolute atomic E-state index is 0.0610. The molecule has 1 aliphatic heterocycles. The van der Waals surface area contributed by atoms with E-state index in [0.29, 0.717) is 29.2 Å². The first-order valence-electron chi connectivity index (χ1n) is 11.6. The molecule has 1 amide bonds. The van der Waals surface area contributed by atoms with Crippen LogP contribution in [0.5, 0.6) is 11.5 Å². The highest BCUT2D eigenvalue weighted by atomic mass is 16.5. The van der Waals surface area contributed by atoms with Crippen molar-refractivity contribution in [2.24, 2.45) is 0 Å². The summed E-state index contributed by atoms with van der Waals surface area (Å²) >= 11 is 0. The van der Waals surface area contributed by atoms with Gasteiger partial charge in [0.2, 0.25) is 0 Å². The summed E-state index contributed by atoms with van der Waals surface area (Å²) in [5, 5.41) is 11.4. The average Bonchev–Trinajstić information content (AvgIpc) is 3.11. The molecule has 1 atom stereocenters. The van der Waals surface area contributed by atoms with Crippen LogP contribution in [0.2, 0.25) is 0 Å². The van der Waals surface area contributed by atoms with Crippen LogP contribution in [0.25, 0.3) is 5.76 Å². The van der Waals surface area contributed by atoms with Crippen LogP contribution in [0.15, 0.2) is 72.3 Å². The van der Waals surface area contributed by atoms with Crippen molar-refractivity contribution in [1.82, 2.24) is 4.90 Å². The molecule has 6 heteroatoms. The predicted molar refractivity (Wildman–Crippen MR) is 134 cm³/mol. The van der Waals surface area contributed by atoms with Gasteiger partial charge in [-0.25, -0.2) is 0 Å². The molecule has 3 aromatic rings. The molecule has 4 rings (SSSR count). The molecule has 180 valence electrons. The fraction of sp³-hybridized carbons (Fsp3) is 0.241. The highest BCUT2D eigenvalue weighted by molar-refractivity contribution is 6.46. The average molecular weight is 472 g/mol. The summed E-state index contributed by atoms with van der Waals surface area (Å²) in [4.78, 5) is 28.2. The predicted octanol–water partition coefficient (Wildman–Crippen LogP) is 5.33. The van der Waals surface area contributed by atoms with E-state index in [0.717, 1.165) is 16.7 Å². The van der Waals surface area contributed by atoms with Crippen LogP contribution in [-0.2, 0) is 16.1 Å². The Balaban J connectivity index is 1.91. The first-order valence-corrected chi connectivity index (χ1v) is 11.6. The van der Waals surface area contributed by atoms with Gasteiger partial charge >= 0.3 is 0 Å². The van der Waals surface area contributed by atoms with Crippen molar-refractivity contribution in [2.75, 3.05) is 13.7 Å². The topological polar surface area (TPSA) is 76.1 Å². The number of benzene rings is 3. The molecule has 1 heterocycles. The van der Waals surface area contributed by atoms with Gasteiger partial charge < -0.3 is 19.5 Å². The Kier molecular flexibility index (Phi) is 6.92.